The van der Waals surface area contributed by atoms with Crippen LogP contribution in [-0.2, 0) is 6.54 Å². The molecule has 0 radical (unpaired) electrons. The molecule has 1 aromatic heterocycles. The normalized spacial score (nSPS) is 15.5. The molecule has 2 N–H and O–H groups in total. The molecule has 0 saturated heterocycles. The maximum Gasteiger partial charge on any atom is 0.330 e. The molecule has 2 aliphatic rings. The molecule has 11 heteroatoms. The van der Waals surface area contributed by atoms with Crippen molar-refractivity contribution in [3.8, 4) is 11.5 Å². The Morgan fingerprint density at radius 3 is 2.71 bits per heavy atom. The molecule has 1 fully saturated rings. The highest BCUT2D eigenvalue weighted by Gasteiger charge is 2.43. The Morgan fingerprint density at radius 1 is 1.31 bits per heavy atom. The average molecular weight is 507 g/mol. The van der Waals surface area contributed by atoms with Crippen molar-refractivity contribution in [1.29, 1.82) is 0 Å². The lowest BCUT2D eigenvalue weighted by Crippen LogP contribution is -2.49. The number of halogens is 2. The smallest absolute Gasteiger partial charge is 0.330 e. The van der Waals surface area contributed by atoms with Crippen LogP contribution in [0.1, 0.15) is 45.1 Å². The second kappa shape index (κ2) is 10.8. The number of hydrogen-bond donors (Lipinski definition) is 2. The number of amides is 2. The van der Waals surface area contributed by atoms with Gasteiger partial charge < -0.3 is 20.1 Å². The van der Waals surface area contributed by atoms with Crippen molar-refractivity contribution >= 4 is 35.1 Å². The first-order valence-corrected chi connectivity index (χ1v) is 12.4. The van der Waals surface area contributed by atoms with Crippen molar-refractivity contribution in [2.45, 2.75) is 52.1 Å². The van der Waals surface area contributed by atoms with Crippen molar-refractivity contribution < 1.29 is 19.0 Å². The number of ether oxygens (including phenoxy) is 1. The van der Waals surface area contributed by atoms with Crippen LogP contribution in [0.25, 0.3) is 0 Å². The molecule has 1 aliphatic heterocycles. The molecular weight excluding hydrogens is 475 g/mol. The summed E-state index contributed by atoms with van der Waals surface area (Å²) in [6, 6.07) is 0.616. The molecule has 35 heavy (non-hydrogen) atoms. The Kier molecular flexibility index (Phi) is 7.81. The number of phenols is 1. The van der Waals surface area contributed by atoms with Crippen LogP contribution in [0.15, 0.2) is 12.3 Å². The van der Waals surface area contributed by atoms with Crippen LogP contribution in [0.5, 0.6) is 11.5 Å². The van der Waals surface area contributed by atoms with Gasteiger partial charge in [-0.2, -0.15) is 4.98 Å². The van der Waals surface area contributed by atoms with Gasteiger partial charge in [0.25, 0.3) is 0 Å². The number of benzene rings is 1. The lowest BCUT2D eigenvalue weighted by Gasteiger charge is -2.36. The summed E-state index contributed by atoms with van der Waals surface area (Å²) in [7, 11) is 1.36. The zero-order valence-electron chi connectivity index (χ0n) is 20.4. The van der Waals surface area contributed by atoms with Crippen molar-refractivity contribution in [2.75, 3.05) is 48.4 Å². The van der Waals surface area contributed by atoms with Crippen molar-refractivity contribution in [1.82, 2.24) is 14.9 Å². The lowest BCUT2D eigenvalue weighted by molar-refractivity contribution is 0.249. The Labute approximate surface area is 209 Å². The molecule has 0 bridgehead atoms. The molecule has 4 rings (SSSR count). The molecule has 2 amide bonds. The van der Waals surface area contributed by atoms with E-state index >= 15 is 0 Å². The zero-order valence-corrected chi connectivity index (χ0v) is 21.1. The molecule has 1 aliphatic carbocycles. The van der Waals surface area contributed by atoms with Gasteiger partial charge in [0.15, 0.2) is 11.6 Å². The number of aromatic nitrogens is 2. The van der Waals surface area contributed by atoms with E-state index in [2.05, 4.69) is 34.0 Å². The van der Waals surface area contributed by atoms with Crippen LogP contribution in [0.2, 0.25) is 5.02 Å². The summed E-state index contributed by atoms with van der Waals surface area (Å²) >= 11 is 6.37. The van der Waals surface area contributed by atoms with E-state index in [1.165, 1.54) is 12.0 Å². The van der Waals surface area contributed by atoms with Gasteiger partial charge in [0.2, 0.25) is 5.95 Å². The van der Waals surface area contributed by atoms with E-state index in [4.69, 9.17) is 16.3 Å². The van der Waals surface area contributed by atoms with E-state index in [0.29, 0.717) is 17.3 Å². The monoisotopic (exact) mass is 506 g/mol. The minimum absolute atomic E-state index is 0.0186. The number of aromatic hydroxyl groups is 1. The number of nitrogens with one attached hydrogen (secondary N) is 1. The van der Waals surface area contributed by atoms with Crippen molar-refractivity contribution in [2.24, 2.45) is 0 Å². The average Bonchev–Trinajstić information content (AvgIpc) is 3.69. The summed E-state index contributed by atoms with van der Waals surface area (Å²) in [6.45, 7) is 8.22. The number of urea groups is 1. The Balaban J connectivity index is 1.54. The van der Waals surface area contributed by atoms with Crippen LogP contribution >= 0.6 is 11.6 Å². The third-order valence-corrected chi connectivity index (χ3v) is 6.81. The summed E-state index contributed by atoms with van der Waals surface area (Å²) in [5, 5.41) is 13.2. The van der Waals surface area contributed by atoms with Gasteiger partial charge in [0.05, 0.1) is 13.7 Å². The van der Waals surface area contributed by atoms with E-state index in [1.807, 2.05) is 0 Å². The quantitative estimate of drug-likeness (QED) is 0.429. The lowest BCUT2D eigenvalue weighted by atomic mass is 10.1. The minimum Gasteiger partial charge on any atom is -0.505 e. The second-order valence-corrected chi connectivity index (χ2v) is 9.13. The Morgan fingerprint density at radius 2 is 2.06 bits per heavy atom. The SMILES string of the molecule is CCN(CC)CCCCNc1ncc2c(n1)N(C1CC1)C(=O)N(c1c(F)c(O)cc(OC)c1Cl)C2. The van der Waals surface area contributed by atoms with E-state index < -0.39 is 17.6 Å². The zero-order chi connectivity index (χ0) is 25.1. The highest BCUT2D eigenvalue weighted by atomic mass is 35.5. The fourth-order valence-corrected chi connectivity index (χ4v) is 4.59. The highest BCUT2D eigenvalue weighted by Crippen LogP contribution is 2.45. The van der Waals surface area contributed by atoms with Crippen molar-refractivity contribution in [3.05, 3.63) is 28.7 Å². The number of methoxy groups -OCH3 is 1. The molecule has 1 aromatic carbocycles. The number of carbonyl (C=O) groups is 1. The van der Waals surface area contributed by atoms with Crippen LogP contribution in [0.3, 0.4) is 0 Å². The first kappa shape index (κ1) is 25.2. The predicted molar refractivity (Wildman–Crippen MR) is 134 cm³/mol. The number of unbranched alkanes of at least 4 members (excludes halogenated alkanes) is 1. The molecule has 1 saturated carbocycles. The third kappa shape index (κ3) is 5.23. The molecule has 2 aromatic rings. The van der Waals surface area contributed by atoms with Gasteiger partial charge in [0.1, 0.15) is 22.3 Å². The number of carbonyl (C=O) groups excluding carboxylic acids is 1. The van der Waals surface area contributed by atoms with Crippen LogP contribution in [0, 0.1) is 5.82 Å². The molecule has 0 unspecified atom stereocenters. The first-order valence-electron chi connectivity index (χ1n) is 12.1. The molecular formula is C24H32ClFN6O3. The second-order valence-electron chi connectivity index (χ2n) is 8.75. The predicted octanol–water partition coefficient (Wildman–Crippen LogP) is 4.63. The van der Waals surface area contributed by atoms with Gasteiger partial charge in [-0.05, 0) is 45.3 Å². The summed E-state index contributed by atoms with van der Waals surface area (Å²) in [6.07, 6.45) is 5.36. The molecule has 9 nitrogen and oxygen atoms in total. The number of phenolic OH excluding ortho intramolecular Hbond substituents is 1. The standard InChI is InChI=1S/C24H32ClFN6O3/c1-4-30(5-2)11-7-6-10-27-23-28-13-15-14-31(24(34)32(16-8-9-16)22(15)29-23)21-19(25)18(35-3)12-17(33)20(21)26/h12-13,16,33H,4-11,14H2,1-3H3,(H,27,28,29). The molecule has 190 valence electrons. The summed E-state index contributed by atoms with van der Waals surface area (Å²) in [4.78, 5) is 27.8. The molecule has 0 atom stereocenters. The number of nitrogens with zero attached hydrogens (tertiary/aromatic N) is 5. The van der Waals surface area contributed by atoms with Crippen LogP contribution < -0.4 is 19.9 Å². The first-order chi connectivity index (χ1) is 16.9. The number of rotatable bonds is 11. The number of anilines is 3. The van der Waals surface area contributed by atoms with Gasteiger partial charge in [-0.25, -0.2) is 14.2 Å². The van der Waals surface area contributed by atoms with Gasteiger partial charge in [0, 0.05) is 30.4 Å². The summed E-state index contributed by atoms with van der Waals surface area (Å²) in [5.41, 5.74) is 0.446. The van der Waals surface area contributed by atoms with Gasteiger partial charge in [-0.1, -0.05) is 25.4 Å². The molecule has 0 spiro atoms. The Hall–Kier alpha value is -2.85. The minimum atomic E-state index is -0.979. The highest BCUT2D eigenvalue weighted by molar-refractivity contribution is 6.35. The number of fused-ring (bicyclic) bond motifs is 1. The fourth-order valence-electron chi connectivity index (χ4n) is 4.27. The van der Waals surface area contributed by atoms with E-state index in [-0.39, 0.29) is 29.0 Å². The van der Waals surface area contributed by atoms with E-state index in [0.717, 1.165) is 57.9 Å². The third-order valence-electron chi connectivity index (χ3n) is 6.44. The van der Waals surface area contributed by atoms with Gasteiger partial charge in [-0.3, -0.25) is 9.80 Å². The summed E-state index contributed by atoms with van der Waals surface area (Å²) in [5.74, 6) is -0.560. The Bertz CT molecular complexity index is 1080. The number of hydrogen-bond acceptors (Lipinski definition) is 7. The van der Waals surface area contributed by atoms with Gasteiger partial charge >= 0.3 is 6.03 Å². The maximum atomic E-state index is 15.0. The van der Waals surface area contributed by atoms with E-state index in [1.54, 1.807) is 11.1 Å². The van der Waals surface area contributed by atoms with Crippen LogP contribution in [0.4, 0.5) is 26.6 Å². The van der Waals surface area contributed by atoms with Gasteiger partial charge in [-0.15, -0.1) is 0 Å². The van der Waals surface area contributed by atoms with E-state index in [9.17, 15) is 14.3 Å². The largest absolute Gasteiger partial charge is 0.505 e. The fraction of sp³-hybridized carbons (Fsp3) is 0.542. The topological polar surface area (TPSA) is 94.1 Å². The summed E-state index contributed by atoms with van der Waals surface area (Å²) < 4.78 is 20.1. The molecule has 2 heterocycles. The van der Waals surface area contributed by atoms with Crippen LogP contribution in [-0.4, -0.2) is 65.3 Å². The van der Waals surface area contributed by atoms with Crippen molar-refractivity contribution in [3.63, 3.8) is 0 Å². The maximum absolute atomic E-state index is 15.0.